The van der Waals surface area contributed by atoms with Gasteiger partial charge < -0.3 is 19.5 Å². The van der Waals surface area contributed by atoms with Gasteiger partial charge in [0.1, 0.15) is 11.5 Å². The highest BCUT2D eigenvalue weighted by Crippen LogP contribution is 2.42. The number of hydrogen-bond donors (Lipinski definition) is 1. The quantitative estimate of drug-likeness (QED) is 0.232. The lowest BCUT2D eigenvalue weighted by molar-refractivity contribution is -0.140. The van der Waals surface area contributed by atoms with Crippen molar-refractivity contribution >= 4 is 17.4 Å². The van der Waals surface area contributed by atoms with E-state index in [0.717, 1.165) is 16.7 Å². The lowest BCUT2D eigenvalue weighted by Gasteiger charge is -2.26. The van der Waals surface area contributed by atoms with Gasteiger partial charge in [-0.3, -0.25) is 9.59 Å². The fraction of sp³-hybridized carbons (Fsp3) is 0.448. The molecule has 2 aromatic rings. The third-order valence-corrected chi connectivity index (χ3v) is 6.53. The molecule has 3 rings (SSSR count). The largest absolute Gasteiger partial charge is 0.507 e. The predicted octanol–water partition coefficient (Wildman–Crippen LogP) is 5.57. The van der Waals surface area contributed by atoms with Crippen LogP contribution >= 0.6 is 0 Å². The summed E-state index contributed by atoms with van der Waals surface area (Å²) >= 11 is 0. The minimum atomic E-state index is -0.698. The molecule has 1 unspecified atom stereocenters. The van der Waals surface area contributed by atoms with Crippen molar-refractivity contribution in [3.05, 3.63) is 70.3 Å². The number of amides is 1. The third-order valence-electron chi connectivity index (χ3n) is 6.53. The number of likely N-dealkylation sites (tertiary alicyclic amines) is 1. The molecule has 188 valence electrons. The molecule has 0 saturated carbocycles. The van der Waals surface area contributed by atoms with Gasteiger partial charge in [0.15, 0.2) is 0 Å². The van der Waals surface area contributed by atoms with E-state index in [0.29, 0.717) is 36.8 Å². The van der Waals surface area contributed by atoms with Gasteiger partial charge in [0.2, 0.25) is 0 Å². The zero-order valence-corrected chi connectivity index (χ0v) is 21.8. The maximum absolute atomic E-state index is 13.3. The van der Waals surface area contributed by atoms with E-state index in [4.69, 9.17) is 9.47 Å². The first-order valence-electron chi connectivity index (χ1n) is 12.1. The Morgan fingerprint density at radius 2 is 1.71 bits per heavy atom. The molecule has 35 heavy (non-hydrogen) atoms. The molecule has 1 aliphatic heterocycles. The van der Waals surface area contributed by atoms with Crippen molar-refractivity contribution in [3.8, 4) is 5.75 Å². The molecule has 1 N–H and O–H groups in total. The average molecular weight is 480 g/mol. The molecule has 1 heterocycles. The van der Waals surface area contributed by atoms with Gasteiger partial charge >= 0.3 is 0 Å². The van der Waals surface area contributed by atoms with Crippen LogP contribution in [0.5, 0.6) is 5.75 Å². The molecule has 2 aromatic carbocycles. The van der Waals surface area contributed by atoms with E-state index in [1.165, 1.54) is 12.0 Å². The molecule has 1 amide bonds. The number of carbonyl (C=O) groups excluding carboxylic acids is 2. The smallest absolute Gasteiger partial charge is 0.295 e. The van der Waals surface area contributed by atoms with Gasteiger partial charge in [0.05, 0.1) is 24.3 Å². The van der Waals surface area contributed by atoms with Gasteiger partial charge in [0, 0.05) is 20.3 Å². The number of rotatable bonds is 8. The molecule has 0 bridgehead atoms. The van der Waals surface area contributed by atoms with Crippen LogP contribution in [-0.2, 0) is 19.7 Å². The number of ether oxygens (including phenoxy) is 2. The number of aliphatic hydroxyl groups excluding tert-OH is 1. The Kier molecular flexibility index (Phi) is 8.06. The molecule has 6 heteroatoms. The van der Waals surface area contributed by atoms with Crippen LogP contribution < -0.4 is 4.74 Å². The Bertz CT molecular complexity index is 1110. The van der Waals surface area contributed by atoms with Crippen molar-refractivity contribution in [2.75, 3.05) is 27.4 Å². The minimum Gasteiger partial charge on any atom is -0.507 e. The molecule has 0 aliphatic carbocycles. The number of nitrogens with zero attached hydrogens (tertiary/aromatic N) is 1. The monoisotopic (exact) mass is 479 g/mol. The van der Waals surface area contributed by atoms with Gasteiger partial charge in [-0.05, 0) is 46.6 Å². The second-order valence-electron chi connectivity index (χ2n) is 10.3. The van der Waals surface area contributed by atoms with E-state index < -0.39 is 17.7 Å². The first kappa shape index (κ1) is 26.5. The topological polar surface area (TPSA) is 76.1 Å². The van der Waals surface area contributed by atoms with Gasteiger partial charge in [-0.2, -0.15) is 0 Å². The zero-order valence-electron chi connectivity index (χ0n) is 21.8. The zero-order chi connectivity index (χ0) is 25.9. The molecule has 1 aliphatic rings. The van der Waals surface area contributed by atoms with Crippen molar-refractivity contribution in [3.63, 3.8) is 0 Å². The van der Waals surface area contributed by atoms with Gasteiger partial charge in [0.25, 0.3) is 11.7 Å². The van der Waals surface area contributed by atoms with Crippen LogP contribution in [0.25, 0.3) is 5.76 Å². The molecule has 0 radical (unpaired) electrons. The van der Waals surface area contributed by atoms with Crippen LogP contribution in [-0.4, -0.2) is 49.1 Å². The summed E-state index contributed by atoms with van der Waals surface area (Å²) in [5.74, 6) is -0.748. The first-order chi connectivity index (χ1) is 16.5. The highest BCUT2D eigenvalue weighted by atomic mass is 16.5. The lowest BCUT2D eigenvalue weighted by atomic mass is 9.85. The molecule has 6 nitrogen and oxygen atoms in total. The van der Waals surface area contributed by atoms with E-state index in [2.05, 4.69) is 34.6 Å². The van der Waals surface area contributed by atoms with Gasteiger partial charge in [-0.15, -0.1) is 0 Å². The number of Topliss-reactive ketones (excluding diaryl/α,β-unsaturated/α-hetero) is 1. The molecular formula is C29H37NO5. The molecule has 1 fully saturated rings. The summed E-state index contributed by atoms with van der Waals surface area (Å²) < 4.78 is 10.7. The Balaban J connectivity index is 2.21. The molecular weight excluding hydrogens is 442 g/mol. The third kappa shape index (κ3) is 5.43. The Morgan fingerprint density at radius 1 is 1.06 bits per heavy atom. The van der Waals surface area contributed by atoms with E-state index in [9.17, 15) is 14.7 Å². The summed E-state index contributed by atoms with van der Waals surface area (Å²) in [6, 6.07) is 12.8. The summed E-state index contributed by atoms with van der Waals surface area (Å²) in [5.41, 5.74) is 3.21. The maximum Gasteiger partial charge on any atom is 0.295 e. The standard InChI is InChI=1S/C29H37NO5/c1-18(2)19-9-11-20(12-10-19)25-24(27(32)28(33)30(25)15-8-16-34-6)26(31)22-17-21(29(3,4)5)13-14-23(22)35-7/h9-14,17-18,25,31H,8,15-16H2,1-7H3/b26-24+. The SMILES string of the molecule is COCCCN1C(=O)C(=O)/C(=C(/O)c2cc(C(C)(C)C)ccc2OC)C1c1ccc(C(C)C)cc1. The van der Waals surface area contributed by atoms with Crippen molar-refractivity contribution in [1.82, 2.24) is 4.90 Å². The number of hydrogen-bond acceptors (Lipinski definition) is 5. The molecule has 0 spiro atoms. The average Bonchev–Trinajstić information content (AvgIpc) is 3.07. The minimum absolute atomic E-state index is 0.0778. The van der Waals surface area contributed by atoms with Crippen LogP contribution in [0.4, 0.5) is 0 Å². The predicted molar refractivity (Wildman–Crippen MR) is 138 cm³/mol. The van der Waals surface area contributed by atoms with E-state index in [1.807, 2.05) is 36.4 Å². The van der Waals surface area contributed by atoms with Crippen molar-refractivity contribution in [1.29, 1.82) is 0 Å². The number of ketones is 1. The summed E-state index contributed by atoms with van der Waals surface area (Å²) in [4.78, 5) is 28.0. The Hall–Kier alpha value is -3.12. The van der Waals surface area contributed by atoms with Gasteiger partial charge in [-0.1, -0.05) is 65.0 Å². The van der Waals surface area contributed by atoms with Crippen molar-refractivity contribution < 1.29 is 24.2 Å². The second-order valence-corrected chi connectivity index (χ2v) is 10.3. The fourth-order valence-corrected chi connectivity index (χ4v) is 4.40. The number of carbonyl (C=O) groups is 2. The number of methoxy groups -OCH3 is 2. The normalized spacial score (nSPS) is 17.9. The van der Waals surface area contributed by atoms with Crippen LogP contribution in [0.2, 0.25) is 0 Å². The fourth-order valence-electron chi connectivity index (χ4n) is 4.40. The lowest BCUT2D eigenvalue weighted by Crippen LogP contribution is -2.31. The Morgan fingerprint density at radius 3 is 2.26 bits per heavy atom. The summed E-state index contributed by atoms with van der Waals surface area (Å²) in [5, 5.41) is 11.5. The van der Waals surface area contributed by atoms with Crippen molar-refractivity contribution in [2.24, 2.45) is 0 Å². The summed E-state index contributed by atoms with van der Waals surface area (Å²) in [6.45, 7) is 11.2. The van der Waals surface area contributed by atoms with Crippen molar-refractivity contribution in [2.45, 2.75) is 58.4 Å². The van der Waals surface area contributed by atoms with E-state index in [-0.39, 0.29) is 16.7 Å². The van der Waals surface area contributed by atoms with Crippen LogP contribution in [0.1, 0.15) is 75.3 Å². The van der Waals surface area contributed by atoms with E-state index in [1.54, 1.807) is 13.2 Å². The van der Waals surface area contributed by atoms with Crippen LogP contribution in [0.3, 0.4) is 0 Å². The summed E-state index contributed by atoms with van der Waals surface area (Å²) in [6.07, 6.45) is 0.576. The van der Waals surface area contributed by atoms with Crippen LogP contribution in [0.15, 0.2) is 48.0 Å². The molecule has 0 aromatic heterocycles. The van der Waals surface area contributed by atoms with Gasteiger partial charge in [-0.25, -0.2) is 0 Å². The highest BCUT2D eigenvalue weighted by molar-refractivity contribution is 6.46. The second kappa shape index (κ2) is 10.6. The Labute approximate surface area is 208 Å². The maximum atomic E-state index is 13.3. The number of aliphatic hydroxyl groups is 1. The molecule has 1 saturated heterocycles. The molecule has 1 atom stereocenters. The first-order valence-corrected chi connectivity index (χ1v) is 12.1. The number of benzene rings is 2. The highest BCUT2D eigenvalue weighted by Gasteiger charge is 2.46. The summed E-state index contributed by atoms with van der Waals surface area (Å²) in [7, 11) is 3.12. The van der Waals surface area contributed by atoms with E-state index >= 15 is 0 Å². The van der Waals surface area contributed by atoms with Crippen LogP contribution in [0, 0.1) is 0 Å².